The van der Waals surface area contributed by atoms with Crippen LogP contribution in [0.25, 0.3) is 0 Å². The van der Waals surface area contributed by atoms with Gasteiger partial charge in [-0.1, -0.05) is 17.7 Å². The van der Waals surface area contributed by atoms with Gasteiger partial charge in [0.15, 0.2) is 0 Å². The summed E-state index contributed by atoms with van der Waals surface area (Å²) >= 11 is 7.83. The highest BCUT2D eigenvalue weighted by molar-refractivity contribution is 7.09. The summed E-state index contributed by atoms with van der Waals surface area (Å²) < 4.78 is 0. The van der Waals surface area contributed by atoms with E-state index in [4.69, 9.17) is 17.3 Å². The number of benzene rings is 1. The normalized spacial score (nSPS) is 10.7. The summed E-state index contributed by atoms with van der Waals surface area (Å²) in [5.74, 6) is 0. The predicted octanol–water partition coefficient (Wildman–Crippen LogP) is 3.20. The Labute approximate surface area is 116 Å². The number of nitrogens with two attached hydrogens (primary N) is 1. The zero-order valence-electron chi connectivity index (χ0n) is 10.5. The third-order valence-corrected chi connectivity index (χ3v) is 3.94. The third kappa shape index (κ3) is 3.02. The van der Waals surface area contributed by atoms with Gasteiger partial charge in [0.1, 0.15) is 0 Å². The molecule has 1 aromatic carbocycles. The highest BCUT2D eigenvalue weighted by Gasteiger charge is 2.07. The number of aryl methyl sites for hydroxylation is 1. The van der Waals surface area contributed by atoms with E-state index in [0.29, 0.717) is 6.54 Å². The maximum absolute atomic E-state index is 6.16. The van der Waals surface area contributed by atoms with Crippen molar-refractivity contribution in [2.24, 2.45) is 5.73 Å². The Morgan fingerprint density at radius 3 is 2.78 bits per heavy atom. The molecule has 0 fully saturated rings. The van der Waals surface area contributed by atoms with Crippen LogP contribution >= 0.6 is 22.9 Å². The lowest BCUT2D eigenvalue weighted by molar-refractivity contribution is 0.889. The first kappa shape index (κ1) is 13.3. The van der Waals surface area contributed by atoms with Gasteiger partial charge in [-0.15, -0.1) is 11.3 Å². The van der Waals surface area contributed by atoms with Crippen LogP contribution in [0.4, 0.5) is 5.69 Å². The molecule has 0 amide bonds. The highest BCUT2D eigenvalue weighted by Crippen LogP contribution is 2.24. The van der Waals surface area contributed by atoms with Crippen LogP contribution < -0.4 is 10.6 Å². The molecule has 2 N–H and O–H groups in total. The van der Waals surface area contributed by atoms with Crippen LogP contribution in [0.15, 0.2) is 23.6 Å². The van der Waals surface area contributed by atoms with Crippen molar-refractivity contribution in [2.45, 2.75) is 20.0 Å². The molecule has 96 valence electrons. The smallest absolute Gasteiger partial charge is 0.0898 e. The molecule has 2 aromatic rings. The van der Waals surface area contributed by atoms with E-state index in [1.807, 2.05) is 32.2 Å². The standard InChI is InChI=1S/C13H16ClN3S/c1-9-16-11(8-18-9)7-17(2)12-4-3-10(6-15)13(14)5-12/h3-5,8H,6-7,15H2,1-2H3. The minimum atomic E-state index is 0.466. The van der Waals surface area contributed by atoms with E-state index >= 15 is 0 Å². The molecule has 0 aliphatic rings. The van der Waals surface area contributed by atoms with Crippen molar-refractivity contribution >= 4 is 28.6 Å². The summed E-state index contributed by atoms with van der Waals surface area (Å²) in [4.78, 5) is 6.58. The fourth-order valence-electron chi connectivity index (χ4n) is 1.75. The lowest BCUT2D eigenvalue weighted by atomic mass is 10.2. The topological polar surface area (TPSA) is 42.2 Å². The van der Waals surface area contributed by atoms with Gasteiger partial charge in [0.25, 0.3) is 0 Å². The molecule has 0 spiro atoms. The van der Waals surface area contributed by atoms with Gasteiger partial charge in [-0.2, -0.15) is 0 Å². The highest BCUT2D eigenvalue weighted by atomic mass is 35.5. The lowest BCUT2D eigenvalue weighted by Gasteiger charge is -2.19. The summed E-state index contributed by atoms with van der Waals surface area (Å²) in [6.45, 7) is 3.26. The maximum atomic E-state index is 6.16. The van der Waals surface area contributed by atoms with E-state index in [2.05, 4.69) is 15.3 Å². The number of hydrogen-bond donors (Lipinski definition) is 1. The first-order valence-corrected chi connectivity index (χ1v) is 6.96. The van der Waals surface area contributed by atoms with Gasteiger partial charge in [0.2, 0.25) is 0 Å². The number of aromatic nitrogens is 1. The van der Waals surface area contributed by atoms with E-state index in [0.717, 1.165) is 33.5 Å². The maximum Gasteiger partial charge on any atom is 0.0898 e. The predicted molar refractivity (Wildman–Crippen MR) is 78.3 cm³/mol. The number of halogens is 1. The van der Waals surface area contributed by atoms with Crippen molar-refractivity contribution in [1.29, 1.82) is 0 Å². The van der Waals surface area contributed by atoms with Crippen molar-refractivity contribution in [3.05, 3.63) is 44.9 Å². The number of anilines is 1. The van der Waals surface area contributed by atoms with Gasteiger partial charge in [-0.05, 0) is 24.6 Å². The van der Waals surface area contributed by atoms with Crippen LogP contribution in [0.5, 0.6) is 0 Å². The van der Waals surface area contributed by atoms with Crippen molar-refractivity contribution in [2.75, 3.05) is 11.9 Å². The second-order valence-electron chi connectivity index (χ2n) is 4.19. The SMILES string of the molecule is Cc1nc(CN(C)c2ccc(CN)c(Cl)c2)cs1. The Morgan fingerprint density at radius 2 is 2.22 bits per heavy atom. The first-order valence-electron chi connectivity index (χ1n) is 5.71. The zero-order valence-corrected chi connectivity index (χ0v) is 12.1. The Kier molecular flexibility index (Phi) is 4.22. The number of thiazole rings is 1. The molecular formula is C13H16ClN3S. The molecule has 0 radical (unpaired) electrons. The minimum Gasteiger partial charge on any atom is -0.369 e. The largest absolute Gasteiger partial charge is 0.369 e. The molecule has 3 nitrogen and oxygen atoms in total. The van der Waals surface area contributed by atoms with Crippen molar-refractivity contribution in [3.63, 3.8) is 0 Å². The Hall–Kier alpha value is -1.10. The second-order valence-corrected chi connectivity index (χ2v) is 5.66. The molecular weight excluding hydrogens is 266 g/mol. The quantitative estimate of drug-likeness (QED) is 0.936. The van der Waals surface area contributed by atoms with E-state index in [9.17, 15) is 0 Å². The zero-order chi connectivity index (χ0) is 13.1. The third-order valence-electron chi connectivity index (χ3n) is 2.76. The Bertz CT molecular complexity index is 539. The molecule has 0 saturated heterocycles. The molecule has 1 heterocycles. The summed E-state index contributed by atoms with van der Waals surface area (Å²) in [7, 11) is 2.03. The van der Waals surface area contributed by atoms with Crippen LogP contribution in [0.2, 0.25) is 5.02 Å². The van der Waals surface area contributed by atoms with Gasteiger partial charge in [-0.25, -0.2) is 4.98 Å². The number of hydrogen-bond acceptors (Lipinski definition) is 4. The van der Waals surface area contributed by atoms with E-state index in [1.165, 1.54) is 0 Å². The van der Waals surface area contributed by atoms with Crippen LogP contribution in [0.3, 0.4) is 0 Å². The average Bonchev–Trinajstić information content (AvgIpc) is 2.74. The fourth-order valence-corrected chi connectivity index (χ4v) is 2.61. The van der Waals surface area contributed by atoms with Crippen LogP contribution in [-0.2, 0) is 13.1 Å². The van der Waals surface area contributed by atoms with Crippen LogP contribution in [-0.4, -0.2) is 12.0 Å². The molecule has 0 atom stereocenters. The van der Waals surface area contributed by atoms with E-state index in [1.54, 1.807) is 11.3 Å². The molecule has 5 heteroatoms. The minimum absolute atomic E-state index is 0.466. The van der Waals surface area contributed by atoms with Crippen molar-refractivity contribution < 1.29 is 0 Å². The van der Waals surface area contributed by atoms with Crippen LogP contribution in [0, 0.1) is 6.92 Å². The van der Waals surface area contributed by atoms with Crippen molar-refractivity contribution in [3.8, 4) is 0 Å². The van der Waals surface area contributed by atoms with E-state index in [-0.39, 0.29) is 0 Å². The van der Waals surface area contributed by atoms with Crippen LogP contribution in [0.1, 0.15) is 16.3 Å². The molecule has 0 saturated carbocycles. The summed E-state index contributed by atoms with van der Waals surface area (Å²) in [5.41, 5.74) is 8.72. The lowest BCUT2D eigenvalue weighted by Crippen LogP contribution is -2.16. The molecule has 18 heavy (non-hydrogen) atoms. The number of rotatable bonds is 4. The molecule has 2 rings (SSSR count). The second kappa shape index (κ2) is 5.69. The molecule has 0 bridgehead atoms. The number of nitrogens with zero attached hydrogens (tertiary/aromatic N) is 2. The first-order chi connectivity index (χ1) is 8.60. The Balaban J connectivity index is 2.13. The van der Waals surface area contributed by atoms with Gasteiger partial charge in [0, 0.05) is 29.7 Å². The average molecular weight is 282 g/mol. The Morgan fingerprint density at radius 1 is 1.44 bits per heavy atom. The van der Waals surface area contributed by atoms with Gasteiger partial charge in [0.05, 0.1) is 17.2 Å². The summed E-state index contributed by atoms with van der Waals surface area (Å²) in [6.07, 6.45) is 0. The summed E-state index contributed by atoms with van der Waals surface area (Å²) in [5, 5.41) is 3.90. The molecule has 0 unspecified atom stereocenters. The van der Waals surface area contributed by atoms with Gasteiger partial charge < -0.3 is 10.6 Å². The molecule has 0 aliphatic heterocycles. The molecule has 1 aromatic heterocycles. The van der Waals surface area contributed by atoms with E-state index < -0.39 is 0 Å². The monoisotopic (exact) mass is 281 g/mol. The van der Waals surface area contributed by atoms with Gasteiger partial charge >= 0.3 is 0 Å². The van der Waals surface area contributed by atoms with Crippen molar-refractivity contribution in [1.82, 2.24) is 4.98 Å². The molecule has 0 aliphatic carbocycles. The van der Waals surface area contributed by atoms with Gasteiger partial charge in [-0.3, -0.25) is 0 Å². The fraction of sp³-hybridized carbons (Fsp3) is 0.308. The summed E-state index contributed by atoms with van der Waals surface area (Å²) in [6, 6.07) is 5.96.